The van der Waals surface area contributed by atoms with Gasteiger partial charge in [0.15, 0.2) is 11.5 Å². The fraction of sp³-hybridized carbons (Fsp3) is 0.263. The number of hydrazone groups is 1. The van der Waals surface area contributed by atoms with Crippen LogP contribution in [0.25, 0.3) is 0 Å². The molecule has 0 fully saturated rings. The molecule has 1 amide bonds. The van der Waals surface area contributed by atoms with E-state index in [4.69, 9.17) is 18.9 Å². The first-order chi connectivity index (χ1) is 13.1. The molecule has 1 N–H and O–H groups in total. The number of carbonyl (C=O) groups excluding carboxylic acids is 1. The van der Waals surface area contributed by atoms with Crippen molar-refractivity contribution in [3.05, 3.63) is 42.0 Å². The highest BCUT2D eigenvalue weighted by molar-refractivity contribution is 8.00. The molecule has 27 heavy (non-hydrogen) atoms. The lowest BCUT2D eigenvalue weighted by atomic mass is 10.2. The molecular weight excluding hydrogens is 368 g/mol. The Labute approximate surface area is 162 Å². The van der Waals surface area contributed by atoms with Crippen molar-refractivity contribution in [3.63, 3.8) is 0 Å². The van der Waals surface area contributed by atoms with Gasteiger partial charge in [-0.1, -0.05) is 12.1 Å². The van der Waals surface area contributed by atoms with Crippen LogP contribution in [0.5, 0.6) is 23.0 Å². The van der Waals surface area contributed by atoms with Gasteiger partial charge in [0.05, 0.1) is 40.4 Å². The van der Waals surface area contributed by atoms with Crippen molar-refractivity contribution < 1.29 is 23.7 Å². The van der Waals surface area contributed by atoms with E-state index >= 15 is 0 Å². The number of nitrogens with zero attached hydrogens (tertiary/aromatic N) is 1. The van der Waals surface area contributed by atoms with Crippen molar-refractivity contribution in [2.75, 3.05) is 34.2 Å². The molecule has 0 aliphatic carbocycles. The third kappa shape index (κ3) is 5.55. The van der Waals surface area contributed by atoms with Gasteiger partial charge in [0.1, 0.15) is 5.75 Å². The SMILES string of the molecule is COc1ccccc1SCC(=O)N/N=C/c1cc(OC)c(OC)c(OC)c1. The average Bonchev–Trinajstić information content (AvgIpc) is 2.71. The van der Waals surface area contributed by atoms with Crippen LogP contribution in [0, 0.1) is 0 Å². The van der Waals surface area contributed by atoms with Gasteiger partial charge in [-0.05, 0) is 24.3 Å². The summed E-state index contributed by atoms with van der Waals surface area (Å²) in [6.45, 7) is 0. The highest BCUT2D eigenvalue weighted by Gasteiger charge is 2.12. The van der Waals surface area contributed by atoms with E-state index in [0.29, 0.717) is 22.8 Å². The summed E-state index contributed by atoms with van der Waals surface area (Å²) in [6.07, 6.45) is 1.51. The Bertz CT molecular complexity index is 785. The van der Waals surface area contributed by atoms with Gasteiger partial charge < -0.3 is 18.9 Å². The molecular formula is C19H22N2O5S. The van der Waals surface area contributed by atoms with Gasteiger partial charge in [-0.15, -0.1) is 11.8 Å². The predicted octanol–water partition coefficient (Wildman–Crippen LogP) is 2.96. The number of methoxy groups -OCH3 is 4. The molecule has 0 aliphatic heterocycles. The molecule has 0 aliphatic rings. The first-order valence-electron chi connectivity index (χ1n) is 8.00. The van der Waals surface area contributed by atoms with E-state index in [1.54, 1.807) is 19.2 Å². The minimum atomic E-state index is -0.227. The van der Waals surface area contributed by atoms with Crippen molar-refractivity contribution in [3.8, 4) is 23.0 Å². The van der Waals surface area contributed by atoms with E-state index in [-0.39, 0.29) is 11.7 Å². The molecule has 0 spiro atoms. The summed E-state index contributed by atoms with van der Waals surface area (Å²) in [5.74, 6) is 2.24. The maximum atomic E-state index is 12.0. The Morgan fingerprint density at radius 1 is 1.00 bits per heavy atom. The lowest BCUT2D eigenvalue weighted by Crippen LogP contribution is -2.19. The van der Waals surface area contributed by atoms with E-state index < -0.39 is 0 Å². The summed E-state index contributed by atoms with van der Waals surface area (Å²) in [4.78, 5) is 12.9. The average molecular weight is 390 g/mol. The lowest BCUT2D eigenvalue weighted by molar-refractivity contribution is -0.118. The second-order valence-electron chi connectivity index (χ2n) is 5.19. The molecule has 7 nitrogen and oxygen atoms in total. The van der Waals surface area contributed by atoms with E-state index in [2.05, 4.69) is 10.5 Å². The van der Waals surface area contributed by atoms with Crippen molar-refractivity contribution in [2.24, 2.45) is 5.10 Å². The number of rotatable bonds is 9. The molecule has 0 aromatic heterocycles. The summed E-state index contributed by atoms with van der Waals surface area (Å²) in [5.41, 5.74) is 3.19. The van der Waals surface area contributed by atoms with Crippen molar-refractivity contribution in [1.82, 2.24) is 5.43 Å². The lowest BCUT2D eigenvalue weighted by Gasteiger charge is -2.12. The smallest absolute Gasteiger partial charge is 0.250 e. The van der Waals surface area contributed by atoms with E-state index in [1.807, 2.05) is 24.3 Å². The minimum absolute atomic E-state index is 0.215. The number of amides is 1. The van der Waals surface area contributed by atoms with Crippen molar-refractivity contribution in [2.45, 2.75) is 4.90 Å². The van der Waals surface area contributed by atoms with Crippen LogP contribution in [0.3, 0.4) is 0 Å². The highest BCUT2D eigenvalue weighted by Crippen LogP contribution is 2.37. The summed E-state index contributed by atoms with van der Waals surface area (Å²) in [5, 5.41) is 3.98. The van der Waals surface area contributed by atoms with Crippen LogP contribution in [0.15, 0.2) is 46.4 Å². The van der Waals surface area contributed by atoms with Gasteiger partial charge in [0.25, 0.3) is 0 Å². The normalized spacial score (nSPS) is 10.5. The molecule has 2 rings (SSSR count). The van der Waals surface area contributed by atoms with Crippen LogP contribution in [0.1, 0.15) is 5.56 Å². The largest absolute Gasteiger partial charge is 0.496 e. The standard InChI is InChI=1S/C19H22N2O5S/c1-23-14-7-5-6-8-17(14)27-12-18(22)21-20-11-13-9-15(24-2)19(26-4)16(10-13)25-3/h5-11H,12H2,1-4H3,(H,21,22)/b20-11+. The molecule has 0 saturated heterocycles. The summed E-state index contributed by atoms with van der Waals surface area (Å²) >= 11 is 1.38. The number of hydrogen-bond acceptors (Lipinski definition) is 7. The zero-order chi connectivity index (χ0) is 19.6. The zero-order valence-electron chi connectivity index (χ0n) is 15.6. The number of ether oxygens (including phenoxy) is 4. The molecule has 0 bridgehead atoms. The summed E-state index contributed by atoms with van der Waals surface area (Å²) in [6, 6.07) is 11.0. The molecule has 0 atom stereocenters. The van der Waals surface area contributed by atoms with E-state index in [1.165, 1.54) is 39.3 Å². The number of para-hydroxylation sites is 1. The molecule has 0 unspecified atom stereocenters. The summed E-state index contributed by atoms with van der Waals surface area (Å²) in [7, 11) is 6.21. The maximum absolute atomic E-state index is 12.0. The summed E-state index contributed by atoms with van der Waals surface area (Å²) < 4.78 is 21.1. The number of benzene rings is 2. The predicted molar refractivity (Wildman–Crippen MR) is 106 cm³/mol. The Morgan fingerprint density at radius 2 is 1.63 bits per heavy atom. The third-order valence-electron chi connectivity index (χ3n) is 3.52. The highest BCUT2D eigenvalue weighted by atomic mass is 32.2. The zero-order valence-corrected chi connectivity index (χ0v) is 16.5. The van der Waals surface area contributed by atoms with E-state index in [0.717, 1.165) is 10.6 Å². The van der Waals surface area contributed by atoms with Crippen LogP contribution in [-0.2, 0) is 4.79 Å². The van der Waals surface area contributed by atoms with Gasteiger partial charge in [0.2, 0.25) is 11.7 Å². The van der Waals surface area contributed by atoms with Gasteiger partial charge in [0, 0.05) is 10.5 Å². The molecule has 0 saturated carbocycles. The van der Waals surface area contributed by atoms with Crippen LogP contribution in [0.2, 0.25) is 0 Å². The number of carbonyl (C=O) groups is 1. The Balaban J connectivity index is 1.97. The van der Waals surface area contributed by atoms with Gasteiger partial charge in [-0.25, -0.2) is 5.43 Å². The maximum Gasteiger partial charge on any atom is 0.250 e. The molecule has 8 heteroatoms. The second kappa shape index (κ2) is 10.3. The number of nitrogens with one attached hydrogen (secondary N) is 1. The number of thioether (sulfide) groups is 1. The molecule has 144 valence electrons. The van der Waals surface area contributed by atoms with Crippen LogP contribution >= 0.6 is 11.8 Å². The topological polar surface area (TPSA) is 78.4 Å². The molecule has 2 aromatic rings. The Kier molecular flexibility index (Phi) is 7.81. The van der Waals surface area contributed by atoms with E-state index in [9.17, 15) is 4.79 Å². The first kappa shape index (κ1) is 20.4. The van der Waals surface area contributed by atoms with Gasteiger partial charge in [-0.3, -0.25) is 4.79 Å². The van der Waals surface area contributed by atoms with Crippen LogP contribution in [0.4, 0.5) is 0 Å². The van der Waals surface area contributed by atoms with Crippen molar-refractivity contribution in [1.29, 1.82) is 0 Å². The monoisotopic (exact) mass is 390 g/mol. The first-order valence-corrected chi connectivity index (χ1v) is 8.99. The Morgan fingerprint density at radius 3 is 2.22 bits per heavy atom. The van der Waals surface area contributed by atoms with Crippen molar-refractivity contribution >= 4 is 23.9 Å². The molecule has 0 heterocycles. The van der Waals surface area contributed by atoms with Gasteiger partial charge in [-0.2, -0.15) is 5.10 Å². The van der Waals surface area contributed by atoms with Crippen LogP contribution in [-0.4, -0.2) is 46.3 Å². The number of hydrogen-bond donors (Lipinski definition) is 1. The molecule has 2 aromatic carbocycles. The van der Waals surface area contributed by atoms with Gasteiger partial charge >= 0.3 is 0 Å². The minimum Gasteiger partial charge on any atom is -0.496 e. The second-order valence-corrected chi connectivity index (χ2v) is 6.21. The quantitative estimate of drug-likeness (QED) is 0.403. The molecule has 0 radical (unpaired) electrons. The Hall–Kier alpha value is -2.87. The van der Waals surface area contributed by atoms with Crippen LogP contribution < -0.4 is 24.4 Å². The third-order valence-corrected chi connectivity index (χ3v) is 4.57. The fourth-order valence-electron chi connectivity index (χ4n) is 2.27. The fourth-order valence-corrected chi connectivity index (χ4v) is 3.09.